The SMILES string of the molecule is CCCC1(c2nc(-c3ccncc3)no2)CCNCC1. The smallest absolute Gasteiger partial charge is 0.233 e. The Morgan fingerprint density at radius 2 is 2.00 bits per heavy atom. The second-order valence-corrected chi connectivity index (χ2v) is 5.44. The number of hydrogen-bond acceptors (Lipinski definition) is 5. The van der Waals surface area contributed by atoms with Crippen molar-refractivity contribution in [1.29, 1.82) is 0 Å². The molecule has 0 bridgehead atoms. The highest BCUT2D eigenvalue weighted by Crippen LogP contribution is 2.37. The molecule has 0 aromatic carbocycles. The number of hydrogen-bond donors (Lipinski definition) is 1. The van der Waals surface area contributed by atoms with Crippen molar-refractivity contribution in [2.24, 2.45) is 0 Å². The second kappa shape index (κ2) is 5.71. The third-order valence-electron chi connectivity index (χ3n) is 4.11. The molecule has 0 amide bonds. The van der Waals surface area contributed by atoms with Crippen LogP contribution >= 0.6 is 0 Å². The Balaban J connectivity index is 1.91. The summed E-state index contributed by atoms with van der Waals surface area (Å²) in [5.74, 6) is 1.46. The lowest BCUT2D eigenvalue weighted by atomic mass is 9.75. The van der Waals surface area contributed by atoms with E-state index < -0.39 is 0 Å². The summed E-state index contributed by atoms with van der Waals surface area (Å²) in [4.78, 5) is 8.68. The van der Waals surface area contributed by atoms with Gasteiger partial charge in [-0.05, 0) is 44.5 Å². The van der Waals surface area contributed by atoms with E-state index in [2.05, 4.69) is 27.4 Å². The molecule has 1 N–H and O–H groups in total. The predicted molar refractivity (Wildman–Crippen MR) is 76.2 cm³/mol. The van der Waals surface area contributed by atoms with E-state index in [0.717, 1.165) is 50.2 Å². The molecule has 1 aliphatic rings. The van der Waals surface area contributed by atoms with Crippen molar-refractivity contribution < 1.29 is 4.52 Å². The average molecular weight is 272 g/mol. The van der Waals surface area contributed by atoms with E-state index in [1.54, 1.807) is 12.4 Å². The van der Waals surface area contributed by atoms with Gasteiger partial charge in [0.25, 0.3) is 0 Å². The standard InChI is InChI=1S/C15H20N4O/c1-2-5-15(6-10-17-11-7-15)14-18-13(19-20-14)12-3-8-16-9-4-12/h3-4,8-9,17H,2,5-7,10-11H2,1H3. The molecule has 0 unspecified atom stereocenters. The fourth-order valence-corrected chi connectivity index (χ4v) is 3.01. The van der Waals surface area contributed by atoms with Crippen LogP contribution in [0.3, 0.4) is 0 Å². The van der Waals surface area contributed by atoms with Crippen molar-refractivity contribution in [3.05, 3.63) is 30.4 Å². The molecule has 1 saturated heterocycles. The van der Waals surface area contributed by atoms with Crippen molar-refractivity contribution in [1.82, 2.24) is 20.4 Å². The van der Waals surface area contributed by atoms with Gasteiger partial charge in [-0.15, -0.1) is 0 Å². The highest BCUT2D eigenvalue weighted by atomic mass is 16.5. The molecule has 2 aromatic rings. The van der Waals surface area contributed by atoms with Crippen LogP contribution in [-0.4, -0.2) is 28.2 Å². The van der Waals surface area contributed by atoms with Crippen molar-refractivity contribution >= 4 is 0 Å². The van der Waals surface area contributed by atoms with Crippen LogP contribution in [0.15, 0.2) is 29.0 Å². The van der Waals surface area contributed by atoms with Gasteiger partial charge >= 0.3 is 0 Å². The van der Waals surface area contributed by atoms with E-state index in [-0.39, 0.29) is 5.41 Å². The first kappa shape index (κ1) is 13.2. The minimum Gasteiger partial charge on any atom is -0.338 e. The van der Waals surface area contributed by atoms with Crippen molar-refractivity contribution in [3.8, 4) is 11.4 Å². The number of pyridine rings is 1. The molecule has 106 valence electrons. The summed E-state index contributed by atoms with van der Waals surface area (Å²) in [7, 11) is 0. The minimum absolute atomic E-state index is 0.0538. The summed E-state index contributed by atoms with van der Waals surface area (Å²) in [6, 6.07) is 3.81. The molecule has 5 heteroatoms. The topological polar surface area (TPSA) is 63.8 Å². The molecule has 0 atom stereocenters. The molecular formula is C15H20N4O. The number of aromatic nitrogens is 3. The molecule has 5 nitrogen and oxygen atoms in total. The van der Waals surface area contributed by atoms with Crippen LogP contribution in [0, 0.1) is 0 Å². The van der Waals surface area contributed by atoms with Gasteiger partial charge in [0.15, 0.2) is 0 Å². The maximum absolute atomic E-state index is 5.61. The van der Waals surface area contributed by atoms with E-state index in [9.17, 15) is 0 Å². The van der Waals surface area contributed by atoms with Crippen LogP contribution < -0.4 is 5.32 Å². The van der Waals surface area contributed by atoms with Gasteiger partial charge in [-0.25, -0.2) is 0 Å². The molecule has 0 saturated carbocycles. The Hall–Kier alpha value is -1.75. The Bertz CT molecular complexity index is 541. The normalized spacial score (nSPS) is 18.1. The molecule has 2 aromatic heterocycles. The maximum atomic E-state index is 5.61. The first-order chi connectivity index (χ1) is 9.84. The van der Waals surface area contributed by atoms with Gasteiger partial charge in [0.1, 0.15) is 0 Å². The van der Waals surface area contributed by atoms with Crippen LogP contribution in [0.5, 0.6) is 0 Å². The van der Waals surface area contributed by atoms with Gasteiger partial charge in [-0.3, -0.25) is 4.98 Å². The summed E-state index contributed by atoms with van der Waals surface area (Å²) in [5, 5.41) is 7.56. The Morgan fingerprint density at radius 1 is 1.25 bits per heavy atom. The van der Waals surface area contributed by atoms with Gasteiger partial charge in [0, 0.05) is 18.0 Å². The molecule has 0 radical (unpaired) electrons. The summed E-state index contributed by atoms with van der Waals surface area (Å²) < 4.78 is 5.61. The van der Waals surface area contributed by atoms with E-state index in [0.29, 0.717) is 5.82 Å². The van der Waals surface area contributed by atoms with Gasteiger partial charge in [0.2, 0.25) is 11.7 Å². The van der Waals surface area contributed by atoms with E-state index in [1.165, 1.54) is 0 Å². The van der Waals surface area contributed by atoms with Crippen molar-refractivity contribution in [2.75, 3.05) is 13.1 Å². The Labute approximate surface area is 118 Å². The van der Waals surface area contributed by atoms with Crippen LogP contribution in [0.25, 0.3) is 11.4 Å². The Morgan fingerprint density at radius 3 is 2.70 bits per heavy atom. The number of rotatable bonds is 4. The molecule has 1 fully saturated rings. The summed E-state index contributed by atoms with van der Waals surface area (Å²) in [5.41, 5.74) is 1.01. The maximum Gasteiger partial charge on any atom is 0.233 e. The third kappa shape index (κ3) is 2.45. The largest absolute Gasteiger partial charge is 0.338 e. The van der Waals surface area contributed by atoms with Crippen LogP contribution in [-0.2, 0) is 5.41 Å². The molecular weight excluding hydrogens is 252 g/mol. The zero-order chi connectivity index (χ0) is 13.8. The van der Waals surface area contributed by atoms with Gasteiger partial charge in [0.05, 0.1) is 5.41 Å². The molecule has 20 heavy (non-hydrogen) atoms. The molecule has 1 aliphatic heterocycles. The van der Waals surface area contributed by atoms with Gasteiger partial charge in [-0.1, -0.05) is 18.5 Å². The van der Waals surface area contributed by atoms with Crippen LogP contribution in [0.4, 0.5) is 0 Å². The predicted octanol–water partition coefficient (Wildman–Crippen LogP) is 2.55. The second-order valence-electron chi connectivity index (χ2n) is 5.44. The fourth-order valence-electron chi connectivity index (χ4n) is 3.01. The highest BCUT2D eigenvalue weighted by molar-refractivity contribution is 5.52. The number of piperidine rings is 1. The minimum atomic E-state index is 0.0538. The average Bonchev–Trinajstić information content (AvgIpc) is 3.00. The highest BCUT2D eigenvalue weighted by Gasteiger charge is 2.38. The van der Waals surface area contributed by atoms with Gasteiger partial charge in [-0.2, -0.15) is 4.98 Å². The monoisotopic (exact) mass is 272 g/mol. The molecule has 3 rings (SSSR count). The molecule has 0 aliphatic carbocycles. The lowest BCUT2D eigenvalue weighted by Gasteiger charge is -2.34. The van der Waals surface area contributed by atoms with Crippen LogP contribution in [0.1, 0.15) is 38.5 Å². The lowest BCUT2D eigenvalue weighted by molar-refractivity contribution is 0.208. The van der Waals surface area contributed by atoms with Crippen molar-refractivity contribution in [3.63, 3.8) is 0 Å². The quantitative estimate of drug-likeness (QED) is 0.926. The van der Waals surface area contributed by atoms with E-state index in [4.69, 9.17) is 4.52 Å². The molecule has 3 heterocycles. The van der Waals surface area contributed by atoms with E-state index in [1.807, 2.05) is 12.1 Å². The molecule has 0 spiro atoms. The van der Waals surface area contributed by atoms with Crippen LogP contribution in [0.2, 0.25) is 0 Å². The Kier molecular flexibility index (Phi) is 3.78. The van der Waals surface area contributed by atoms with Crippen molar-refractivity contribution in [2.45, 2.75) is 38.0 Å². The lowest BCUT2D eigenvalue weighted by Crippen LogP contribution is -2.40. The third-order valence-corrected chi connectivity index (χ3v) is 4.11. The number of nitrogens with one attached hydrogen (secondary N) is 1. The van der Waals surface area contributed by atoms with Gasteiger partial charge < -0.3 is 9.84 Å². The summed E-state index contributed by atoms with van der Waals surface area (Å²) in [6.07, 6.45) is 7.87. The zero-order valence-electron chi connectivity index (χ0n) is 11.8. The first-order valence-electron chi connectivity index (χ1n) is 7.29. The first-order valence-corrected chi connectivity index (χ1v) is 7.29. The zero-order valence-corrected chi connectivity index (χ0v) is 11.8. The van der Waals surface area contributed by atoms with E-state index >= 15 is 0 Å². The fraction of sp³-hybridized carbons (Fsp3) is 0.533. The number of nitrogens with zero attached hydrogens (tertiary/aromatic N) is 3. The summed E-state index contributed by atoms with van der Waals surface area (Å²) in [6.45, 7) is 4.25. The summed E-state index contributed by atoms with van der Waals surface area (Å²) >= 11 is 0.